The van der Waals surface area contributed by atoms with Crippen LogP contribution in [0, 0.1) is 12.8 Å². The summed E-state index contributed by atoms with van der Waals surface area (Å²) in [7, 11) is 0. The van der Waals surface area contributed by atoms with Gasteiger partial charge in [0.05, 0.1) is 0 Å². The molecule has 1 heterocycles. The summed E-state index contributed by atoms with van der Waals surface area (Å²) in [5, 5.41) is 5.52. The summed E-state index contributed by atoms with van der Waals surface area (Å²) < 4.78 is 0. The smallest absolute Gasteiger partial charge is 0.00629 e. The van der Waals surface area contributed by atoms with E-state index in [1.54, 1.807) is 11.3 Å². The normalized spacial score (nSPS) is 12.6. The zero-order valence-corrected chi connectivity index (χ0v) is 13.1. The van der Waals surface area contributed by atoms with Crippen LogP contribution in [0.4, 0.5) is 0 Å². The van der Waals surface area contributed by atoms with Gasteiger partial charge in [0.1, 0.15) is 0 Å². The average molecular weight is 323 g/mol. The van der Waals surface area contributed by atoms with E-state index in [4.69, 9.17) is 0 Å². The molecule has 0 radical (unpaired) electrons. The standard InChI is InChI=1S/C16H19BrS/c1-13-3-2-4-15(9-13)10-16(11-17)6-5-14-7-8-18-12-14/h2-4,7-9,12,16H,5-6,10-11H2,1H3. The highest BCUT2D eigenvalue weighted by Gasteiger charge is 2.09. The summed E-state index contributed by atoms with van der Waals surface area (Å²) in [5.74, 6) is 0.728. The van der Waals surface area contributed by atoms with Crippen molar-refractivity contribution in [3.63, 3.8) is 0 Å². The predicted octanol–water partition coefficient (Wildman–Crippen LogP) is 5.24. The molecule has 2 rings (SSSR count). The molecule has 96 valence electrons. The Balaban J connectivity index is 1.89. The number of thiophene rings is 1. The van der Waals surface area contributed by atoms with Crippen LogP contribution in [0.3, 0.4) is 0 Å². The highest BCUT2D eigenvalue weighted by atomic mass is 79.9. The minimum Gasteiger partial charge on any atom is -0.152 e. The van der Waals surface area contributed by atoms with Gasteiger partial charge in [0.15, 0.2) is 0 Å². The van der Waals surface area contributed by atoms with Crippen LogP contribution in [0.15, 0.2) is 41.1 Å². The Morgan fingerprint density at radius 3 is 2.78 bits per heavy atom. The Morgan fingerprint density at radius 2 is 2.11 bits per heavy atom. The first-order valence-electron chi connectivity index (χ1n) is 6.40. The van der Waals surface area contributed by atoms with E-state index in [2.05, 4.69) is 63.9 Å². The van der Waals surface area contributed by atoms with E-state index < -0.39 is 0 Å². The molecule has 0 saturated carbocycles. The highest BCUT2D eigenvalue weighted by molar-refractivity contribution is 9.09. The molecule has 1 aromatic carbocycles. The number of hydrogen-bond donors (Lipinski definition) is 0. The molecule has 0 fully saturated rings. The minimum absolute atomic E-state index is 0.728. The number of rotatable bonds is 6. The van der Waals surface area contributed by atoms with Gasteiger partial charge < -0.3 is 0 Å². The van der Waals surface area contributed by atoms with Crippen LogP contribution in [0.5, 0.6) is 0 Å². The number of halogens is 1. The second-order valence-corrected chi connectivity index (χ2v) is 6.31. The van der Waals surface area contributed by atoms with E-state index in [0.29, 0.717) is 0 Å². The SMILES string of the molecule is Cc1cccc(CC(CBr)CCc2ccsc2)c1. The third kappa shape index (κ3) is 4.25. The van der Waals surface area contributed by atoms with Crippen LogP contribution >= 0.6 is 27.3 Å². The van der Waals surface area contributed by atoms with E-state index >= 15 is 0 Å². The van der Waals surface area contributed by atoms with Crippen molar-refractivity contribution in [1.82, 2.24) is 0 Å². The van der Waals surface area contributed by atoms with Crippen LogP contribution in [0.1, 0.15) is 23.1 Å². The predicted molar refractivity (Wildman–Crippen MR) is 84.8 cm³/mol. The molecule has 18 heavy (non-hydrogen) atoms. The Bertz CT molecular complexity index is 462. The fourth-order valence-corrected chi connectivity index (χ4v) is 3.47. The van der Waals surface area contributed by atoms with Gasteiger partial charge in [-0.3, -0.25) is 0 Å². The van der Waals surface area contributed by atoms with Crippen molar-refractivity contribution >= 4 is 27.3 Å². The van der Waals surface area contributed by atoms with Crippen LogP contribution in [-0.2, 0) is 12.8 Å². The molecular formula is C16H19BrS. The first-order chi connectivity index (χ1) is 8.78. The molecular weight excluding hydrogens is 304 g/mol. The van der Waals surface area contributed by atoms with Gasteiger partial charge in [-0.15, -0.1) is 0 Å². The maximum atomic E-state index is 3.66. The molecule has 0 aliphatic rings. The monoisotopic (exact) mass is 322 g/mol. The summed E-state index contributed by atoms with van der Waals surface area (Å²) >= 11 is 5.45. The topological polar surface area (TPSA) is 0 Å². The van der Waals surface area contributed by atoms with Crippen LogP contribution < -0.4 is 0 Å². The Kier molecular flexibility index (Phi) is 5.45. The second-order valence-electron chi connectivity index (χ2n) is 4.88. The minimum atomic E-state index is 0.728. The van der Waals surface area contributed by atoms with Crippen molar-refractivity contribution in [3.05, 3.63) is 57.8 Å². The summed E-state index contributed by atoms with van der Waals surface area (Å²) in [6.07, 6.45) is 3.64. The number of alkyl halides is 1. The molecule has 2 aromatic rings. The summed E-state index contributed by atoms with van der Waals surface area (Å²) in [5.41, 5.74) is 4.30. The fraction of sp³-hybridized carbons (Fsp3) is 0.375. The lowest BCUT2D eigenvalue weighted by atomic mass is 9.94. The van der Waals surface area contributed by atoms with Gasteiger partial charge in [-0.2, -0.15) is 11.3 Å². The molecule has 2 heteroatoms. The zero-order valence-electron chi connectivity index (χ0n) is 10.7. The Labute approximate surface area is 122 Å². The van der Waals surface area contributed by atoms with E-state index in [1.807, 2.05) is 0 Å². The summed E-state index contributed by atoms with van der Waals surface area (Å²) in [4.78, 5) is 0. The molecule has 0 aliphatic heterocycles. The molecule has 0 aliphatic carbocycles. The van der Waals surface area contributed by atoms with Crippen LogP contribution in [0.2, 0.25) is 0 Å². The summed E-state index contributed by atoms with van der Waals surface area (Å²) in [6, 6.07) is 11.1. The maximum absolute atomic E-state index is 3.66. The van der Waals surface area contributed by atoms with Gasteiger partial charge in [-0.1, -0.05) is 45.8 Å². The zero-order chi connectivity index (χ0) is 12.8. The maximum Gasteiger partial charge on any atom is 0.00629 e. The molecule has 0 amide bonds. The van der Waals surface area contributed by atoms with E-state index in [1.165, 1.54) is 36.0 Å². The van der Waals surface area contributed by atoms with Gasteiger partial charge in [-0.25, -0.2) is 0 Å². The van der Waals surface area contributed by atoms with Crippen molar-refractivity contribution in [2.75, 3.05) is 5.33 Å². The highest BCUT2D eigenvalue weighted by Crippen LogP contribution is 2.19. The quantitative estimate of drug-likeness (QED) is 0.638. The molecule has 0 nitrogen and oxygen atoms in total. The largest absolute Gasteiger partial charge is 0.152 e. The van der Waals surface area contributed by atoms with E-state index in [0.717, 1.165) is 11.2 Å². The lowest BCUT2D eigenvalue weighted by Gasteiger charge is -2.14. The third-order valence-corrected chi connectivity index (χ3v) is 4.89. The van der Waals surface area contributed by atoms with Gasteiger partial charge >= 0.3 is 0 Å². The number of hydrogen-bond acceptors (Lipinski definition) is 1. The van der Waals surface area contributed by atoms with E-state index in [-0.39, 0.29) is 0 Å². The van der Waals surface area contributed by atoms with Crippen molar-refractivity contribution in [2.45, 2.75) is 26.2 Å². The van der Waals surface area contributed by atoms with Gasteiger partial charge in [0, 0.05) is 5.33 Å². The molecule has 0 bridgehead atoms. The van der Waals surface area contributed by atoms with Crippen LogP contribution in [0.25, 0.3) is 0 Å². The molecule has 0 saturated heterocycles. The van der Waals surface area contributed by atoms with Gasteiger partial charge in [-0.05, 0) is 60.1 Å². The third-order valence-electron chi connectivity index (χ3n) is 3.25. The first kappa shape index (κ1) is 13.8. The van der Waals surface area contributed by atoms with Crippen molar-refractivity contribution < 1.29 is 0 Å². The fourth-order valence-electron chi connectivity index (χ4n) is 2.21. The number of aryl methyl sites for hydroxylation is 2. The molecule has 1 atom stereocenters. The molecule has 1 unspecified atom stereocenters. The molecule has 1 aromatic heterocycles. The van der Waals surface area contributed by atoms with Gasteiger partial charge in [0.2, 0.25) is 0 Å². The average Bonchev–Trinajstić information content (AvgIpc) is 2.87. The molecule has 0 spiro atoms. The van der Waals surface area contributed by atoms with Crippen molar-refractivity contribution in [3.8, 4) is 0 Å². The summed E-state index contributed by atoms with van der Waals surface area (Å²) in [6.45, 7) is 2.16. The molecule has 0 N–H and O–H groups in total. The van der Waals surface area contributed by atoms with Crippen molar-refractivity contribution in [1.29, 1.82) is 0 Å². The van der Waals surface area contributed by atoms with Crippen molar-refractivity contribution in [2.24, 2.45) is 5.92 Å². The number of benzene rings is 1. The Hall–Kier alpha value is -0.600. The Morgan fingerprint density at radius 1 is 1.22 bits per heavy atom. The van der Waals surface area contributed by atoms with E-state index in [9.17, 15) is 0 Å². The lowest BCUT2D eigenvalue weighted by Crippen LogP contribution is -2.07. The van der Waals surface area contributed by atoms with Gasteiger partial charge in [0.25, 0.3) is 0 Å². The van der Waals surface area contributed by atoms with Crippen LogP contribution in [-0.4, -0.2) is 5.33 Å². The second kappa shape index (κ2) is 7.10. The first-order valence-corrected chi connectivity index (χ1v) is 8.47. The lowest BCUT2D eigenvalue weighted by molar-refractivity contribution is 0.543.